The highest BCUT2D eigenvalue weighted by Crippen LogP contribution is 2.22. The van der Waals surface area contributed by atoms with Crippen molar-refractivity contribution in [1.82, 2.24) is 0 Å². The van der Waals surface area contributed by atoms with Crippen LogP contribution in [0.25, 0.3) is 0 Å². The van der Waals surface area contributed by atoms with Gasteiger partial charge in [-0.3, -0.25) is 0 Å². The summed E-state index contributed by atoms with van der Waals surface area (Å²) < 4.78 is 5.00. The van der Waals surface area contributed by atoms with E-state index >= 15 is 0 Å². The number of aromatic carboxylic acids is 1. The highest BCUT2D eigenvalue weighted by Gasteiger charge is 2.12. The number of rotatable bonds is 6. The number of aliphatic hydroxyl groups is 1. The molecule has 1 atom stereocenters. The maximum Gasteiger partial charge on any atom is 0.337 e. The van der Waals surface area contributed by atoms with Gasteiger partial charge >= 0.3 is 5.97 Å². The van der Waals surface area contributed by atoms with E-state index in [-0.39, 0.29) is 18.0 Å². The Hall–Kier alpha value is -1.46. The van der Waals surface area contributed by atoms with Gasteiger partial charge in [0.05, 0.1) is 30.3 Å². The van der Waals surface area contributed by atoms with Crippen LogP contribution in [0.5, 0.6) is 5.75 Å². The number of carbonyl (C=O) groups is 1. The zero-order valence-electron chi connectivity index (χ0n) is 9.31. The molecule has 5 nitrogen and oxygen atoms in total. The van der Waals surface area contributed by atoms with Gasteiger partial charge in [0.2, 0.25) is 0 Å². The Morgan fingerprint density at radius 2 is 2.29 bits per heavy atom. The molecular weight excluding hydrogens is 246 g/mol. The predicted molar refractivity (Wildman–Crippen MR) is 65.2 cm³/mol. The maximum absolute atomic E-state index is 11.0. The van der Waals surface area contributed by atoms with Crippen molar-refractivity contribution in [2.75, 3.05) is 24.9 Å². The van der Waals surface area contributed by atoms with Crippen LogP contribution in [0.4, 0.5) is 5.69 Å². The van der Waals surface area contributed by atoms with Gasteiger partial charge in [-0.05, 0) is 12.1 Å². The second kappa shape index (κ2) is 6.32. The van der Waals surface area contributed by atoms with Crippen molar-refractivity contribution in [1.29, 1.82) is 0 Å². The maximum atomic E-state index is 11.0. The van der Waals surface area contributed by atoms with Gasteiger partial charge in [0, 0.05) is 12.6 Å². The summed E-state index contributed by atoms with van der Waals surface area (Å²) in [6.45, 7) is 0.178. The van der Waals surface area contributed by atoms with Crippen molar-refractivity contribution < 1.29 is 19.7 Å². The number of aliphatic hydroxyl groups excluding tert-OH is 1. The number of nitrogens with one attached hydrogen (secondary N) is 1. The van der Waals surface area contributed by atoms with Crippen molar-refractivity contribution in [2.45, 2.75) is 6.10 Å². The van der Waals surface area contributed by atoms with Gasteiger partial charge in [-0.15, -0.1) is 11.6 Å². The second-order valence-electron chi connectivity index (χ2n) is 3.41. The molecular formula is C11H14ClNO4. The van der Waals surface area contributed by atoms with Crippen LogP contribution in [-0.2, 0) is 0 Å². The average molecular weight is 260 g/mol. The number of carboxylic acids is 1. The van der Waals surface area contributed by atoms with Crippen LogP contribution in [0, 0.1) is 0 Å². The van der Waals surface area contributed by atoms with E-state index in [2.05, 4.69) is 5.32 Å². The first-order valence-corrected chi connectivity index (χ1v) is 5.51. The summed E-state index contributed by atoms with van der Waals surface area (Å²) in [5.74, 6) is -0.423. The molecule has 0 bridgehead atoms. The molecule has 3 N–H and O–H groups in total. The SMILES string of the molecule is COc1ccc(C(=O)O)c(NCC(O)CCl)c1. The number of ether oxygens (including phenoxy) is 1. The predicted octanol–water partition coefficient (Wildman–Crippen LogP) is 1.40. The first kappa shape index (κ1) is 13.6. The molecule has 94 valence electrons. The lowest BCUT2D eigenvalue weighted by molar-refractivity contribution is 0.0697. The van der Waals surface area contributed by atoms with E-state index in [1.807, 2.05) is 0 Å². The minimum absolute atomic E-state index is 0.0827. The second-order valence-corrected chi connectivity index (χ2v) is 3.71. The number of carboxylic acid groups (broad SMARTS) is 1. The van der Waals surface area contributed by atoms with Crippen LogP contribution in [0.2, 0.25) is 0 Å². The van der Waals surface area contributed by atoms with E-state index in [4.69, 9.17) is 21.4 Å². The monoisotopic (exact) mass is 259 g/mol. The van der Waals surface area contributed by atoms with Gasteiger partial charge in [-0.2, -0.15) is 0 Å². The molecule has 1 aromatic rings. The number of anilines is 1. The molecule has 0 amide bonds. The summed E-state index contributed by atoms with van der Waals surface area (Å²) in [5, 5.41) is 21.1. The molecule has 0 aromatic heterocycles. The van der Waals surface area contributed by atoms with E-state index in [9.17, 15) is 9.90 Å². The quantitative estimate of drug-likeness (QED) is 0.673. The van der Waals surface area contributed by atoms with Crippen LogP contribution in [-0.4, -0.2) is 41.8 Å². The Morgan fingerprint density at radius 1 is 1.59 bits per heavy atom. The Kier molecular flexibility index (Phi) is 5.06. The topological polar surface area (TPSA) is 78.8 Å². The van der Waals surface area contributed by atoms with Gasteiger partial charge in [0.1, 0.15) is 5.75 Å². The number of methoxy groups -OCH3 is 1. The van der Waals surface area contributed by atoms with Crippen LogP contribution in [0.1, 0.15) is 10.4 Å². The Balaban J connectivity index is 2.89. The van der Waals surface area contributed by atoms with Gasteiger partial charge in [-0.1, -0.05) is 0 Å². The number of halogens is 1. The summed E-state index contributed by atoms with van der Waals surface area (Å²) >= 11 is 5.45. The van der Waals surface area contributed by atoms with E-state index in [1.165, 1.54) is 13.2 Å². The first-order valence-electron chi connectivity index (χ1n) is 4.97. The van der Waals surface area contributed by atoms with Crippen molar-refractivity contribution in [3.63, 3.8) is 0 Å². The fourth-order valence-corrected chi connectivity index (χ4v) is 1.37. The third-order valence-corrected chi connectivity index (χ3v) is 2.52. The molecule has 0 fully saturated rings. The van der Waals surface area contributed by atoms with Crippen molar-refractivity contribution in [3.05, 3.63) is 23.8 Å². The lowest BCUT2D eigenvalue weighted by atomic mass is 10.1. The van der Waals surface area contributed by atoms with E-state index < -0.39 is 12.1 Å². The molecule has 0 aliphatic carbocycles. The van der Waals surface area contributed by atoms with Gasteiger partial charge in [-0.25, -0.2) is 4.79 Å². The fourth-order valence-electron chi connectivity index (χ4n) is 1.27. The zero-order chi connectivity index (χ0) is 12.8. The zero-order valence-corrected chi connectivity index (χ0v) is 10.1. The Labute approximate surface area is 104 Å². The molecule has 6 heteroatoms. The molecule has 0 aliphatic rings. The third kappa shape index (κ3) is 3.80. The number of alkyl halides is 1. The molecule has 0 saturated carbocycles. The summed E-state index contributed by atoms with van der Waals surface area (Å²) in [6, 6.07) is 4.56. The molecule has 1 unspecified atom stereocenters. The van der Waals surface area contributed by atoms with Crippen molar-refractivity contribution in [2.24, 2.45) is 0 Å². The van der Waals surface area contributed by atoms with Crippen LogP contribution in [0.15, 0.2) is 18.2 Å². The van der Waals surface area contributed by atoms with Gasteiger partial charge < -0.3 is 20.3 Å². The summed E-state index contributed by atoms with van der Waals surface area (Å²) in [4.78, 5) is 11.0. The highest BCUT2D eigenvalue weighted by molar-refractivity contribution is 6.18. The Bertz CT molecular complexity index is 397. The molecule has 1 aromatic carbocycles. The minimum Gasteiger partial charge on any atom is -0.497 e. The minimum atomic E-state index is -1.05. The largest absolute Gasteiger partial charge is 0.497 e. The Morgan fingerprint density at radius 3 is 2.82 bits per heavy atom. The summed E-state index contributed by atoms with van der Waals surface area (Å²) in [5.41, 5.74) is 0.508. The first-order chi connectivity index (χ1) is 8.08. The average Bonchev–Trinajstić information content (AvgIpc) is 2.35. The summed E-state index contributed by atoms with van der Waals surface area (Å²) in [6.07, 6.45) is -0.732. The number of hydrogen-bond donors (Lipinski definition) is 3. The molecule has 0 spiro atoms. The van der Waals surface area contributed by atoms with Gasteiger partial charge in [0.15, 0.2) is 0 Å². The van der Waals surface area contributed by atoms with E-state index in [0.29, 0.717) is 11.4 Å². The highest BCUT2D eigenvalue weighted by atomic mass is 35.5. The molecule has 0 aliphatic heterocycles. The molecule has 0 heterocycles. The lowest BCUT2D eigenvalue weighted by Gasteiger charge is -2.13. The lowest BCUT2D eigenvalue weighted by Crippen LogP contribution is -2.21. The third-order valence-electron chi connectivity index (χ3n) is 2.16. The van der Waals surface area contributed by atoms with Crippen molar-refractivity contribution in [3.8, 4) is 5.75 Å². The van der Waals surface area contributed by atoms with Crippen LogP contribution in [0.3, 0.4) is 0 Å². The number of hydrogen-bond acceptors (Lipinski definition) is 4. The molecule has 0 radical (unpaired) electrons. The molecule has 0 saturated heterocycles. The summed E-state index contributed by atoms with van der Waals surface area (Å²) in [7, 11) is 1.49. The molecule has 17 heavy (non-hydrogen) atoms. The van der Waals surface area contributed by atoms with Crippen molar-refractivity contribution >= 4 is 23.3 Å². The smallest absolute Gasteiger partial charge is 0.337 e. The number of benzene rings is 1. The van der Waals surface area contributed by atoms with E-state index in [1.54, 1.807) is 12.1 Å². The van der Waals surface area contributed by atoms with Crippen LogP contribution < -0.4 is 10.1 Å². The molecule has 1 rings (SSSR count). The van der Waals surface area contributed by atoms with Crippen LogP contribution >= 0.6 is 11.6 Å². The van der Waals surface area contributed by atoms with E-state index in [0.717, 1.165) is 0 Å². The van der Waals surface area contributed by atoms with Gasteiger partial charge in [0.25, 0.3) is 0 Å². The fraction of sp³-hybridized carbons (Fsp3) is 0.364. The standard InChI is InChI=1S/C11H14ClNO4/c1-17-8-2-3-9(11(15)16)10(4-8)13-6-7(14)5-12/h2-4,7,13-14H,5-6H2,1H3,(H,15,16). The normalized spacial score (nSPS) is 11.9.